The quantitative estimate of drug-likeness (QED) is 0.497. The van der Waals surface area contributed by atoms with Crippen LogP contribution in [0.2, 0.25) is 0 Å². The highest BCUT2D eigenvalue weighted by Crippen LogP contribution is 2.27. The highest BCUT2D eigenvalue weighted by Gasteiger charge is 2.23. The Morgan fingerprint density at radius 3 is 2.31 bits per heavy atom. The lowest BCUT2D eigenvalue weighted by molar-refractivity contribution is -0.132. The van der Waals surface area contributed by atoms with Crippen molar-refractivity contribution in [2.75, 3.05) is 61.7 Å². The van der Waals surface area contributed by atoms with Gasteiger partial charge in [0.05, 0.1) is 33.6 Å². The van der Waals surface area contributed by atoms with Crippen molar-refractivity contribution in [2.24, 2.45) is 0 Å². The van der Waals surface area contributed by atoms with Crippen LogP contribution in [0, 0.1) is 0 Å². The number of benzene rings is 1. The lowest BCUT2D eigenvalue weighted by Crippen LogP contribution is -2.47. The van der Waals surface area contributed by atoms with Gasteiger partial charge in [0.1, 0.15) is 12.3 Å². The monoisotopic (exact) mass is 447 g/mol. The molecule has 1 heterocycles. The van der Waals surface area contributed by atoms with Gasteiger partial charge in [-0.05, 0) is 36.2 Å². The summed E-state index contributed by atoms with van der Waals surface area (Å²) in [5.41, 5.74) is 1.00. The third-order valence-electron chi connectivity index (χ3n) is 4.94. The summed E-state index contributed by atoms with van der Waals surface area (Å²) in [6.45, 7) is 1.38. The van der Waals surface area contributed by atoms with Gasteiger partial charge in [-0.3, -0.25) is 4.79 Å². The molecular formula is C23H33N3O6. The average molecular weight is 448 g/mol. The molecule has 9 nitrogen and oxygen atoms in total. The molecule has 3 amide bonds. The maximum Gasteiger partial charge on any atom is 0.320 e. The van der Waals surface area contributed by atoms with Crippen LogP contribution in [0.3, 0.4) is 0 Å². The molecule has 0 bridgehead atoms. The molecule has 0 saturated carbocycles. The number of amides is 3. The second-order valence-corrected chi connectivity index (χ2v) is 7.43. The van der Waals surface area contributed by atoms with Crippen molar-refractivity contribution in [3.63, 3.8) is 0 Å². The maximum absolute atomic E-state index is 13.2. The minimum atomic E-state index is -0.242. The molecule has 0 radical (unpaired) electrons. The van der Waals surface area contributed by atoms with E-state index >= 15 is 0 Å². The van der Waals surface area contributed by atoms with E-state index in [1.807, 2.05) is 24.3 Å². The molecular weight excluding hydrogens is 414 g/mol. The Balaban J connectivity index is 2.14. The molecule has 0 atom stereocenters. The first-order valence-corrected chi connectivity index (χ1v) is 10.4. The van der Waals surface area contributed by atoms with E-state index in [4.69, 9.17) is 18.6 Å². The van der Waals surface area contributed by atoms with Gasteiger partial charge in [0.15, 0.2) is 11.5 Å². The maximum atomic E-state index is 13.2. The number of carbonyl (C=O) groups is 2. The summed E-state index contributed by atoms with van der Waals surface area (Å²) in [4.78, 5) is 30.3. The molecule has 2 rings (SSSR count). The molecule has 2 aromatic rings. The zero-order chi connectivity index (χ0) is 23.5. The lowest BCUT2D eigenvalue weighted by atomic mass is 10.1. The van der Waals surface area contributed by atoms with Gasteiger partial charge in [-0.15, -0.1) is 0 Å². The van der Waals surface area contributed by atoms with Crippen LogP contribution >= 0.6 is 0 Å². The highest BCUT2D eigenvalue weighted by atomic mass is 16.5. The lowest BCUT2D eigenvalue weighted by Gasteiger charge is -2.29. The Bertz CT molecular complexity index is 853. The first-order valence-electron chi connectivity index (χ1n) is 10.4. The van der Waals surface area contributed by atoms with Crippen molar-refractivity contribution in [3.8, 4) is 11.5 Å². The first kappa shape index (κ1) is 25.1. The molecule has 0 N–H and O–H groups in total. The van der Waals surface area contributed by atoms with Crippen LogP contribution in [0.25, 0.3) is 0 Å². The van der Waals surface area contributed by atoms with Crippen LogP contribution in [-0.4, -0.2) is 88.3 Å². The molecule has 0 aliphatic heterocycles. The Morgan fingerprint density at radius 2 is 1.72 bits per heavy atom. The van der Waals surface area contributed by atoms with Gasteiger partial charge in [-0.25, -0.2) is 4.79 Å². The van der Waals surface area contributed by atoms with Crippen LogP contribution in [0.1, 0.15) is 11.3 Å². The minimum Gasteiger partial charge on any atom is -0.493 e. The minimum absolute atomic E-state index is 0.0486. The Labute approximate surface area is 189 Å². The summed E-state index contributed by atoms with van der Waals surface area (Å²) in [5.74, 6) is 1.79. The van der Waals surface area contributed by atoms with Crippen LogP contribution in [-0.2, 0) is 22.5 Å². The molecule has 0 spiro atoms. The van der Waals surface area contributed by atoms with E-state index in [0.29, 0.717) is 49.9 Å². The third-order valence-corrected chi connectivity index (χ3v) is 4.94. The van der Waals surface area contributed by atoms with Gasteiger partial charge in [-0.1, -0.05) is 6.07 Å². The van der Waals surface area contributed by atoms with E-state index in [-0.39, 0.29) is 18.5 Å². The SMILES string of the molecule is COCCN(CC(=O)N(CCc1ccc(OC)c(OC)c1)Cc1ccco1)C(=O)N(C)C. The van der Waals surface area contributed by atoms with Crippen molar-refractivity contribution in [1.82, 2.24) is 14.7 Å². The van der Waals surface area contributed by atoms with E-state index in [1.54, 1.807) is 52.7 Å². The second-order valence-electron chi connectivity index (χ2n) is 7.43. The summed E-state index contributed by atoms with van der Waals surface area (Å²) in [7, 11) is 8.05. The molecule has 1 aromatic heterocycles. The van der Waals surface area contributed by atoms with Crippen molar-refractivity contribution in [3.05, 3.63) is 47.9 Å². The number of hydrogen-bond acceptors (Lipinski definition) is 6. The third kappa shape index (κ3) is 7.19. The molecule has 9 heteroatoms. The van der Waals surface area contributed by atoms with Crippen molar-refractivity contribution < 1.29 is 28.2 Å². The fourth-order valence-electron chi connectivity index (χ4n) is 3.17. The summed E-state index contributed by atoms with van der Waals surface area (Å²) >= 11 is 0. The van der Waals surface area contributed by atoms with E-state index in [2.05, 4.69) is 0 Å². The van der Waals surface area contributed by atoms with Crippen molar-refractivity contribution in [2.45, 2.75) is 13.0 Å². The fraction of sp³-hybridized carbons (Fsp3) is 0.478. The summed E-state index contributed by atoms with van der Waals surface area (Å²) in [6.07, 6.45) is 2.18. The largest absolute Gasteiger partial charge is 0.493 e. The standard InChI is InChI=1S/C23H33N3O6/c1-24(2)23(28)26(12-14-29-3)17-22(27)25(16-19-7-6-13-32-19)11-10-18-8-9-20(30-4)21(15-18)31-5/h6-9,13,15H,10-12,14,16-17H2,1-5H3. The van der Waals surface area contributed by atoms with Gasteiger partial charge in [0, 0.05) is 34.3 Å². The summed E-state index contributed by atoms with van der Waals surface area (Å²) < 4.78 is 21.2. The zero-order valence-corrected chi connectivity index (χ0v) is 19.5. The topological polar surface area (TPSA) is 84.7 Å². The number of hydrogen-bond donors (Lipinski definition) is 0. The normalized spacial score (nSPS) is 10.5. The predicted octanol–water partition coefficient (Wildman–Crippen LogP) is 2.50. The molecule has 0 saturated heterocycles. The van der Waals surface area contributed by atoms with Crippen molar-refractivity contribution in [1.29, 1.82) is 0 Å². The molecule has 32 heavy (non-hydrogen) atoms. The van der Waals surface area contributed by atoms with E-state index < -0.39 is 0 Å². The molecule has 0 aliphatic carbocycles. The molecule has 176 valence electrons. The molecule has 0 aliphatic rings. The van der Waals surface area contributed by atoms with Gasteiger partial charge >= 0.3 is 6.03 Å². The average Bonchev–Trinajstić information content (AvgIpc) is 3.31. The van der Waals surface area contributed by atoms with Gasteiger partial charge in [0.2, 0.25) is 5.91 Å². The van der Waals surface area contributed by atoms with Crippen LogP contribution in [0.4, 0.5) is 4.79 Å². The van der Waals surface area contributed by atoms with E-state index in [0.717, 1.165) is 5.56 Å². The van der Waals surface area contributed by atoms with Crippen molar-refractivity contribution >= 4 is 11.9 Å². The van der Waals surface area contributed by atoms with Gasteiger partial charge in [-0.2, -0.15) is 0 Å². The van der Waals surface area contributed by atoms with Crippen LogP contribution < -0.4 is 9.47 Å². The van der Waals surface area contributed by atoms with Crippen LogP contribution in [0.15, 0.2) is 41.0 Å². The number of methoxy groups -OCH3 is 3. The number of carbonyl (C=O) groups excluding carboxylic acids is 2. The Morgan fingerprint density at radius 1 is 0.969 bits per heavy atom. The number of furan rings is 1. The van der Waals surface area contributed by atoms with E-state index in [9.17, 15) is 9.59 Å². The second kappa shape index (κ2) is 12.6. The van der Waals surface area contributed by atoms with E-state index in [1.165, 1.54) is 9.80 Å². The summed E-state index contributed by atoms with van der Waals surface area (Å²) in [6, 6.07) is 9.05. The zero-order valence-electron chi connectivity index (χ0n) is 19.5. The molecule has 0 fully saturated rings. The van der Waals surface area contributed by atoms with Crippen LogP contribution in [0.5, 0.6) is 11.5 Å². The number of ether oxygens (including phenoxy) is 3. The van der Waals surface area contributed by atoms with Gasteiger partial charge < -0.3 is 33.3 Å². The molecule has 1 aromatic carbocycles. The number of urea groups is 1. The fourth-order valence-corrected chi connectivity index (χ4v) is 3.17. The Hall–Kier alpha value is -3.20. The Kier molecular flexibility index (Phi) is 9.87. The molecule has 0 unspecified atom stereocenters. The highest BCUT2D eigenvalue weighted by molar-refractivity contribution is 5.84. The van der Waals surface area contributed by atoms with Gasteiger partial charge in [0.25, 0.3) is 0 Å². The first-order chi connectivity index (χ1) is 15.4. The predicted molar refractivity (Wildman–Crippen MR) is 120 cm³/mol. The smallest absolute Gasteiger partial charge is 0.320 e. The number of nitrogens with zero attached hydrogens (tertiary/aromatic N) is 3. The number of rotatable bonds is 12. The summed E-state index contributed by atoms with van der Waals surface area (Å²) in [5, 5.41) is 0.